The van der Waals surface area contributed by atoms with Crippen LogP contribution >= 0.6 is 34.8 Å². The molecule has 1 heterocycles. The predicted molar refractivity (Wildman–Crippen MR) is 74.6 cm³/mol. The van der Waals surface area contributed by atoms with Gasteiger partial charge in [-0.3, -0.25) is 4.79 Å². The molecule has 0 aliphatic carbocycles. The van der Waals surface area contributed by atoms with E-state index in [0.29, 0.717) is 10.7 Å². The third-order valence-corrected chi connectivity index (χ3v) is 3.41. The molecule has 2 rings (SSSR count). The van der Waals surface area contributed by atoms with Crippen molar-refractivity contribution in [1.29, 1.82) is 0 Å². The van der Waals surface area contributed by atoms with Crippen LogP contribution in [0.4, 0.5) is 0 Å². The molecule has 1 aromatic carbocycles. The van der Waals surface area contributed by atoms with Crippen LogP contribution in [0.5, 0.6) is 0 Å². The zero-order valence-electron chi connectivity index (χ0n) is 9.38. The van der Waals surface area contributed by atoms with Gasteiger partial charge in [-0.1, -0.05) is 53.0 Å². The molecule has 5 heteroatoms. The molecule has 0 saturated carbocycles. The van der Waals surface area contributed by atoms with Crippen molar-refractivity contribution in [3.05, 3.63) is 51.6 Å². The molecular weight excluding hydrogens is 293 g/mol. The molecule has 1 aromatic heterocycles. The molecule has 0 amide bonds. The van der Waals surface area contributed by atoms with Crippen LogP contribution in [0.1, 0.15) is 16.1 Å². The second kappa shape index (κ2) is 5.27. The Hall–Kier alpha value is -1.09. The minimum absolute atomic E-state index is 0.0849. The zero-order valence-corrected chi connectivity index (χ0v) is 11.6. The first-order chi connectivity index (χ1) is 8.49. The van der Waals surface area contributed by atoms with Crippen LogP contribution in [-0.2, 0) is 0 Å². The van der Waals surface area contributed by atoms with Crippen LogP contribution in [0, 0.1) is 6.92 Å². The lowest BCUT2D eigenvalue weighted by molar-refractivity contribution is 0.107. The number of rotatable bonds is 2. The number of aromatic nitrogens is 1. The summed E-state index contributed by atoms with van der Waals surface area (Å²) in [4.78, 5) is 15.3. The number of carbonyl (C=O) groups is 1. The fraction of sp³-hybridized carbons (Fsp3) is 0.0769. The monoisotopic (exact) mass is 299 g/mol. The highest BCUT2D eigenvalue weighted by Gasteiger charge is 2.14. The number of pyridine rings is 1. The van der Waals surface area contributed by atoms with Gasteiger partial charge in [0.05, 0.1) is 15.7 Å². The Bertz CT molecular complexity index is 608. The van der Waals surface area contributed by atoms with Gasteiger partial charge >= 0.3 is 0 Å². The van der Waals surface area contributed by atoms with Crippen LogP contribution in [0.3, 0.4) is 0 Å². The molecule has 0 spiro atoms. The van der Waals surface area contributed by atoms with E-state index < -0.39 is 5.24 Å². The van der Waals surface area contributed by atoms with Gasteiger partial charge in [0.15, 0.2) is 0 Å². The Balaban J connectivity index is 2.62. The maximum Gasteiger partial charge on any atom is 0.270 e. The third-order valence-electron chi connectivity index (χ3n) is 2.44. The average molecular weight is 301 g/mol. The number of aryl methyl sites for hydroxylation is 1. The lowest BCUT2D eigenvalue weighted by Gasteiger charge is -2.07. The highest BCUT2D eigenvalue weighted by atomic mass is 35.5. The van der Waals surface area contributed by atoms with Crippen LogP contribution in [0.25, 0.3) is 11.3 Å². The number of carbonyl (C=O) groups excluding carboxylic acids is 1. The number of benzene rings is 1. The van der Waals surface area contributed by atoms with Crippen LogP contribution in [0.2, 0.25) is 10.0 Å². The minimum atomic E-state index is -0.665. The Morgan fingerprint density at radius 2 is 1.78 bits per heavy atom. The normalized spacial score (nSPS) is 10.4. The van der Waals surface area contributed by atoms with E-state index in [0.717, 1.165) is 11.1 Å². The predicted octanol–water partition coefficient (Wildman–Crippen LogP) is 4.74. The molecule has 92 valence electrons. The van der Waals surface area contributed by atoms with Gasteiger partial charge in [-0.05, 0) is 24.6 Å². The van der Waals surface area contributed by atoms with Crippen molar-refractivity contribution in [3.63, 3.8) is 0 Å². The van der Waals surface area contributed by atoms with E-state index in [1.165, 1.54) is 6.07 Å². The van der Waals surface area contributed by atoms with Crippen molar-refractivity contribution >= 4 is 40.0 Å². The van der Waals surface area contributed by atoms with E-state index in [9.17, 15) is 4.79 Å². The summed E-state index contributed by atoms with van der Waals surface area (Å²) >= 11 is 17.5. The molecule has 0 fully saturated rings. The first-order valence-electron chi connectivity index (χ1n) is 5.12. The van der Waals surface area contributed by atoms with Gasteiger partial charge in [-0.2, -0.15) is 0 Å². The summed E-state index contributed by atoms with van der Waals surface area (Å²) in [6.07, 6.45) is 0. The molecule has 0 radical (unpaired) electrons. The topological polar surface area (TPSA) is 30.0 Å². The SMILES string of the molecule is Cc1ccc(-c2nc(C(=O)Cl)cc(Cl)c2Cl)cc1. The summed E-state index contributed by atoms with van der Waals surface area (Å²) in [5.41, 5.74) is 2.44. The standard InChI is InChI=1S/C13H8Cl3NO/c1-7-2-4-8(5-3-7)12-11(15)9(14)6-10(17-12)13(16)18/h2-6H,1H3. The maximum atomic E-state index is 11.1. The van der Waals surface area contributed by atoms with E-state index in [2.05, 4.69) is 4.98 Å². The zero-order chi connectivity index (χ0) is 13.3. The fourth-order valence-electron chi connectivity index (χ4n) is 1.50. The van der Waals surface area contributed by atoms with Crippen LogP contribution < -0.4 is 0 Å². The molecule has 2 aromatic rings. The Morgan fingerprint density at radius 1 is 1.17 bits per heavy atom. The molecular formula is C13H8Cl3NO. The van der Waals surface area contributed by atoms with Gasteiger partial charge in [0.2, 0.25) is 0 Å². The van der Waals surface area contributed by atoms with E-state index in [1.807, 2.05) is 31.2 Å². The Kier molecular flexibility index (Phi) is 3.91. The molecule has 0 saturated heterocycles. The highest BCUT2D eigenvalue weighted by Crippen LogP contribution is 2.33. The Labute approximate surface area is 120 Å². The third kappa shape index (κ3) is 2.66. The first-order valence-corrected chi connectivity index (χ1v) is 6.25. The quantitative estimate of drug-likeness (QED) is 0.750. The van der Waals surface area contributed by atoms with Crippen molar-refractivity contribution in [1.82, 2.24) is 4.98 Å². The van der Waals surface area contributed by atoms with Gasteiger partial charge in [-0.25, -0.2) is 4.98 Å². The molecule has 0 N–H and O–H groups in total. The Morgan fingerprint density at radius 3 is 2.33 bits per heavy atom. The van der Waals surface area contributed by atoms with E-state index in [1.54, 1.807) is 0 Å². The maximum absolute atomic E-state index is 11.1. The van der Waals surface area contributed by atoms with Crippen molar-refractivity contribution in [3.8, 4) is 11.3 Å². The van der Waals surface area contributed by atoms with Crippen LogP contribution in [-0.4, -0.2) is 10.2 Å². The van der Waals surface area contributed by atoms with Crippen LogP contribution in [0.15, 0.2) is 30.3 Å². The average Bonchev–Trinajstić information content (AvgIpc) is 2.33. The van der Waals surface area contributed by atoms with Gasteiger partial charge in [-0.15, -0.1) is 0 Å². The van der Waals surface area contributed by atoms with Crippen molar-refractivity contribution in [2.75, 3.05) is 0 Å². The summed E-state index contributed by atoms with van der Waals surface area (Å²) in [6, 6.07) is 8.94. The number of nitrogens with zero attached hydrogens (tertiary/aromatic N) is 1. The summed E-state index contributed by atoms with van der Waals surface area (Å²) in [7, 11) is 0. The highest BCUT2D eigenvalue weighted by molar-refractivity contribution is 6.67. The summed E-state index contributed by atoms with van der Waals surface area (Å²) in [6.45, 7) is 1.98. The molecule has 0 unspecified atom stereocenters. The second-order valence-electron chi connectivity index (χ2n) is 3.79. The fourth-order valence-corrected chi connectivity index (χ4v) is 2.00. The van der Waals surface area contributed by atoms with Gasteiger partial charge in [0.1, 0.15) is 5.69 Å². The smallest absolute Gasteiger partial charge is 0.270 e. The van der Waals surface area contributed by atoms with Crippen molar-refractivity contribution < 1.29 is 4.79 Å². The first kappa shape index (κ1) is 13.3. The second-order valence-corrected chi connectivity index (χ2v) is 4.92. The van der Waals surface area contributed by atoms with Crippen molar-refractivity contribution in [2.24, 2.45) is 0 Å². The minimum Gasteiger partial charge on any atom is -0.274 e. The number of hydrogen-bond donors (Lipinski definition) is 0. The lowest BCUT2D eigenvalue weighted by atomic mass is 10.1. The van der Waals surface area contributed by atoms with E-state index in [4.69, 9.17) is 34.8 Å². The molecule has 2 nitrogen and oxygen atoms in total. The molecule has 0 aliphatic heterocycles. The lowest BCUT2D eigenvalue weighted by Crippen LogP contribution is -1.97. The van der Waals surface area contributed by atoms with E-state index >= 15 is 0 Å². The summed E-state index contributed by atoms with van der Waals surface area (Å²) in [5, 5.41) is -0.102. The number of halogens is 3. The molecule has 0 bridgehead atoms. The van der Waals surface area contributed by atoms with Crippen molar-refractivity contribution in [2.45, 2.75) is 6.92 Å². The summed E-state index contributed by atoms with van der Waals surface area (Å²) in [5.74, 6) is 0. The van der Waals surface area contributed by atoms with Gasteiger partial charge in [0, 0.05) is 5.56 Å². The van der Waals surface area contributed by atoms with Gasteiger partial charge in [0.25, 0.3) is 5.24 Å². The number of hydrogen-bond acceptors (Lipinski definition) is 2. The molecule has 18 heavy (non-hydrogen) atoms. The van der Waals surface area contributed by atoms with E-state index in [-0.39, 0.29) is 10.7 Å². The molecule has 0 aliphatic rings. The van der Waals surface area contributed by atoms with Gasteiger partial charge < -0.3 is 0 Å². The molecule has 0 atom stereocenters. The summed E-state index contributed by atoms with van der Waals surface area (Å²) < 4.78 is 0. The largest absolute Gasteiger partial charge is 0.274 e.